The summed E-state index contributed by atoms with van der Waals surface area (Å²) in [5.74, 6) is -0.848. The van der Waals surface area contributed by atoms with E-state index in [4.69, 9.17) is 0 Å². The maximum atomic E-state index is 13.5. The number of rotatable bonds is 3. The van der Waals surface area contributed by atoms with Gasteiger partial charge in [-0.1, -0.05) is 34.1 Å². The van der Waals surface area contributed by atoms with Crippen molar-refractivity contribution in [3.8, 4) is 0 Å². The highest BCUT2D eigenvalue weighted by Gasteiger charge is 2.22. The van der Waals surface area contributed by atoms with Crippen molar-refractivity contribution in [1.29, 1.82) is 0 Å². The van der Waals surface area contributed by atoms with Crippen LogP contribution in [0, 0.1) is 0 Å². The molecule has 4 heteroatoms. The SMILES string of the molecule is CCOC(=O)C(F)c1ccccc1Br. The van der Waals surface area contributed by atoms with Crippen LogP contribution in [0.25, 0.3) is 0 Å². The number of benzene rings is 1. The third-order valence-electron chi connectivity index (χ3n) is 1.67. The van der Waals surface area contributed by atoms with Gasteiger partial charge in [-0.3, -0.25) is 0 Å². The third kappa shape index (κ3) is 2.54. The van der Waals surface area contributed by atoms with Crippen LogP contribution in [-0.4, -0.2) is 12.6 Å². The van der Waals surface area contributed by atoms with E-state index in [1.807, 2.05) is 0 Å². The molecular weight excluding hydrogens is 251 g/mol. The zero-order valence-corrected chi connectivity index (χ0v) is 9.25. The summed E-state index contributed by atoms with van der Waals surface area (Å²) in [6.07, 6.45) is -1.72. The summed E-state index contributed by atoms with van der Waals surface area (Å²) in [6.45, 7) is 1.83. The first kappa shape index (κ1) is 11.2. The van der Waals surface area contributed by atoms with Gasteiger partial charge in [-0.25, -0.2) is 9.18 Å². The summed E-state index contributed by atoms with van der Waals surface area (Å²) >= 11 is 3.17. The number of hydrogen-bond acceptors (Lipinski definition) is 2. The fourth-order valence-electron chi connectivity index (χ4n) is 1.02. The van der Waals surface area contributed by atoms with Crippen LogP contribution in [0.3, 0.4) is 0 Å². The molecule has 0 aliphatic heterocycles. The van der Waals surface area contributed by atoms with Crippen molar-refractivity contribution in [3.63, 3.8) is 0 Å². The minimum atomic E-state index is -1.72. The molecule has 1 rings (SSSR count). The second kappa shape index (κ2) is 5.10. The van der Waals surface area contributed by atoms with E-state index < -0.39 is 12.1 Å². The smallest absolute Gasteiger partial charge is 0.345 e. The Kier molecular flexibility index (Phi) is 4.07. The number of alkyl halides is 1. The van der Waals surface area contributed by atoms with Crippen molar-refractivity contribution in [3.05, 3.63) is 34.3 Å². The number of carbonyl (C=O) groups excluding carboxylic acids is 1. The fraction of sp³-hybridized carbons (Fsp3) is 0.300. The summed E-state index contributed by atoms with van der Waals surface area (Å²) in [4.78, 5) is 11.1. The molecule has 0 aliphatic rings. The van der Waals surface area contributed by atoms with Gasteiger partial charge in [0.1, 0.15) is 0 Å². The van der Waals surface area contributed by atoms with Gasteiger partial charge in [0.25, 0.3) is 0 Å². The number of hydrogen-bond donors (Lipinski definition) is 0. The molecule has 1 aromatic carbocycles. The summed E-state index contributed by atoms with van der Waals surface area (Å²) in [5, 5.41) is 0. The fourth-order valence-corrected chi connectivity index (χ4v) is 1.51. The molecule has 0 heterocycles. The highest BCUT2D eigenvalue weighted by atomic mass is 79.9. The zero-order chi connectivity index (χ0) is 10.6. The molecule has 1 atom stereocenters. The molecule has 0 saturated carbocycles. The highest BCUT2D eigenvalue weighted by molar-refractivity contribution is 9.10. The van der Waals surface area contributed by atoms with Crippen molar-refractivity contribution in [2.75, 3.05) is 6.61 Å². The first-order chi connectivity index (χ1) is 6.66. The predicted molar refractivity (Wildman–Crippen MR) is 54.6 cm³/mol. The van der Waals surface area contributed by atoms with E-state index in [1.54, 1.807) is 31.2 Å². The van der Waals surface area contributed by atoms with Crippen molar-refractivity contribution < 1.29 is 13.9 Å². The van der Waals surface area contributed by atoms with Gasteiger partial charge in [0.15, 0.2) is 0 Å². The Balaban J connectivity index is 2.84. The average molecular weight is 261 g/mol. The van der Waals surface area contributed by atoms with Crippen LogP contribution >= 0.6 is 15.9 Å². The minimum Gasteiger partial charge on any atom is -0.464 e. The van der Waals surface area contributed by atoms with Gasteiger partial charge in [0, 0.05) is 10.0 Å². The molecule has 0 aliphatic carbocycles. The van der Waals surface area contributed by atoms with Crippen molar-refractivity contribution in [2.45, 2.75) is 13.1 Å². The molecular formula is C10H10BrFO2. The van der Waals surface area contributed by atoms with Crippen molar-refractivity contribution >= 4 is 21.9 Å². The van der Waals surface area contributed by atoms with E-state index in [-0.39, 0.29) is 6.61 Å². The molecule has 0 aromatic heterocycles. The number of halogens is 2. The quantitative estimate of drug-likeness (QED) is 0.782. The number of ether oxygens (including phenoxy) is 1. The Morgan fingerprint density at radius 1 is 1.57 bits per heavy atom. The lowest BCUT2D eigenvalue weighted by Crippen LogP contribution is -2.12. The standard InChI is InChI=1S/C10H10BrFO2/c1-2-14-10(13)9(12)7-5-3-4-6-8(7)11/h3-6,9H,2H2,1H3. The van der Waals surface area contributed by atoms with E-state index in [1.165, 1.54) is 0 Å². The van der Waals surface area contributed by atoms with Crippen LogP contribution in [0.15, 0.2) is 28.7 Å². The summed E-state index contributed by atoms with van der Waals surface area (Å²) < 4.78 is 18.6. The van der Waals surface area contributed by atoms with Gasteiger partial charge in [0.05, 0.1) is 6.61 Å². The van der Waals surface area contributed by atoms with Gasteiger partial charge < -0.3 is 4.74 Å². The Hall–Kier alpha value is -0.900. The maximum absolute atomic E-state index is 13.5. The third-order valence-corrected chi connectivity index (χ3v) is 2.39. The van der Waals surface area contributed by atoms with E-state index in [0.717, 1.165) is 0 Å². The normalized spacial score (nSPS) is 12.2. The first-order valence-electron chi connectivity index (χ1n) is 4.22. The Morgan fingerprint density at radius 2 is 2.21 bits per heavy atom. The molecule has 14 heavy (non-hydrogen) atoms. The molecule has 0 saturated heterocycles. The van der Waals surface area contributed by atoms with Crippen LogP contribution in [0.2, 0.25) is 0 Å². The summed E-state index contributed by atoms with van der Waals surface area (Å²) in [7, 11) is 0. The second-order valence-corrected chi connectivity index (χ2v) is 3.49. The highest BCUT2D eigenvalue weighted by Crippen LogP contribution is 2.26. The topological polar surface area (TPSA) is 26.3 Å². The van der Waals surface area contributed by atoms with Gasteiger partial charge >= 0.3 is 5.97 Å². The predicted octanol–water partition coefficient (Wildman–Crippen LogP) is 3.02. The van der Waals surface area contributed by atoms with E-state index in [9.17, 15) is 9.18 Å². The summed E-state index contributed by atoms with van der Waals surface area (Å²) in [5.41, 5.74) is 0.297. The molecule has 0 fully saturated rings. The van der Waals surface area contributed by atoms with Gasteiger partial charge in [-0.05, 0) is 13.0 Å². The molecule has 0 spiro atoms. The Labute approximate surface area is 90.2 Å². The van der Waals surface area contributed by atoms with Gasteiger partial charge in [-0.15, -0.1) is 0 Å². The molecule has 0 bridgehead atoms. The first-order valence-corrected chi connectivity index (χ1v) is 5.01. The zero-order valence-electron chi connectivity index (χ0n) is 7.67. The molecule has 1 aromatic rings. The minimum absolute atomic E-state index is 0.184. The lowest BCUT2D eigenvalue weighted by atomic mass is 10.1. The Bertz CT molecular complexity index is 328. The largest absolute Gasteiger partial charge is 0.464 e. The van der Waals surface area contributed by atoms with Crippen LogP contribution < -0.4 is 0 Å². The van der Waals surface area contributed by atoms with Gasteiger partial charge in [-0.2, -0.15) is 0 Å². The molecule has 0 N–H and O–H groups in total. The van der Waals surface area contributed by atoms with Crippen LogP contribution in [-0.2, 0) is 9.53 Å². The van der Waals surface area contributed by atoms with Gasteiger partial charge in [0.2, 0.25) is 6.17 Å². The van der Waals surface area contributed by atoms with Crippen molar-refractivity contribution in [1.82, 2.24) is 0 Å². The molecule has 0 radical (unpaired) electrons. The lowest BCUT2D eigenvalue weighted by molar-refractivity contribution is -0.149. The van der Waals surface area contributed by atoms with Crippen LogP contribution in [0.1, 0.15) is 18.7 Å². The second-order valence-electron chi connectivity index (χ2n) is 2.64. The van der Waals surface area contributed by atoms with Crippen LogP contribution in [0.4, 0.5) is 4.39 Å². The molecule has 1 unspecified atom stereocenters. The Morgan fingerprint density at radius 3 is 2.79 bits per heavy atom. The van der Waals surface area contributed by atoms with E-state index in [2.05, 4.69) is 20.7 Å². The van der Waals surface area contributed by atoms with E-state index in [0.29, 0.717) is 10.0 Å². The molecule has 2 nitrogen and oxygen atoms in total. The van der Waals surface area contributed by atoms with Crippen molar-refractivity contribution in [2.24, 2.45) is 0 Å². The lowest BCUT2D eigenvalue weighted by Gasteiger charge is -2.08. The van der Waals surface area contributed by atoms with E-state index >= 15 is 0 Å². The number of carbonyl (C=O) groups is 1. The monoisotopic (exact) mass is 260 g/mol. The number of esters is 1. The molecule has 0 amide bonds. The average Bonchev–Trinajstić information content (AvgIpc) is 2.18. The summed E-state index contributed by atoms with van der Waals surface area (Å²) in [6, 6.07) is 6.66. The van der Waals surface area contributed by atoms with Crippen LogP contribution in [0.5, 0.6) is 0 Å². The molecule has 76 valence electrons. The maximum Gasteiger partial charge on any atom is 0.345 e.